The van der Waals surface area contributed by atoms with Crippen LogP contribution in [-0.2, 0) is 13.1 Å². The van der Waals surface area contributed by atoms with Gasteiger partial charge in [0, 0.05) is 23.7 Å². The fraction of sp³-hybridized carbons (Fsp3) is 0.188. The quantitative estimate of drug-likeness (QED) is 0.851. The highest BCUT2D eigenvalue weighted by Crippen LogP contribution is 2.15. The number of hydrogen-bond donors (Lipinski definition) is 0. The zero-order valence-corrected chi connectivity index (χ0v) is 11.9. The molecule has 20 heavy (non-hydrogen) atoms. The molecule has 4 heteroatoms. The molecule has 102 valence electrons. The van der Waals surface area contributed by atoms with Crippen LogP contribution in [0.3, 0.4) is 0 Å². The largest absolute Gasteiger partial charge is 0.298 e. The predicted molar refractivity (Wildman–Crippen MR) is 77.7 cm³/mol. The van der Waals surface area contributed by atoms with Crippen LogP contribution in [0.25, 0.3) is 0 Å². The third-order valence-corrected chi connectivity index (χ3v) is 3.20. The van der Waals surface area contributed by atoms with Crippen LogP contribution in [-0.4, -0.2) is 11.9 Å². The molecule has 0 heterocycles. The molecular formula is C16H14ClFN2. The van der Waals surface area contributed by atoms with Gasteiger partial charge in [0.25, 0.3) is 0 Å². The van der Waals surface area contributed by atoms with Crippen molar-refractivity contribution in [1.29, 1.82) is 5.26 Å². The van der Waals surface area contributed by atoms with Crippen molar-refractivity contribution in [3.63, 3.8) is 0 Å². The summed E-state index contributed by atoms with van der Waals surface area (Å²) in [4.78, 5) is 2.00. The van der Waals surface area contributed by atoms with Crippen LogP contribution >= 0.6 is 11.6 Å². The van der Waals surface area contributed by atoms with Gasteiger partial charge in [-0.1, -0.05) is 29.8 Å². The first kappa shape index (κ1) is 14.5. The van der Waals surface area contributed by atoms with Crippen LogP contribution in [0.2, 0.25) is 5.02 Å². The zero-order chi connectivity index (χ0) is 14.5. The van der Waals surface area contributed by atoms with E-state index in [-0.39, 0.29) is 5.82 Å². The van der Waals surface area contributed by atoms with Gasteiger partial charge >= 0.3 is 0 Å². The molecule has 0 unspecified atom stereocenters. The molecule has 0 aliphatic carbocycles. The summed E-state index contributed by atoms with van der Waals surface area (Å²) in [5, 5.41) is 9.41. The lowest BCUT2D eigenvalue weighted by atomic mass is 10.1. The van der Waals surface area contributed by atoms with Gasteiger partial charge in [-0.2, -0.15) is 5.26 Å². The lowest BCUT2D eigenvalue weighted by Gasteiger charge is -2.17. The number of nitrogens with zero attached hydrogens (tertiary/aromatic N) is 2. The maximum atomic E-state index is 13.8. The fourth-order valence-corrected chi connectivity index (χ4v) is 2.25. The molecule has 2 rings (SSSR count). The molecule has 2 nitrogen and oxygen atoms in total. The Morgan fingerprint density at radius 1 is 1.20 bits per heavy atom. The SMILES string of the molecule is CN(Cc1cccc(Cl)c1)Cc1ccc(C#N)cc1F. The molecule has 0 amide bonds. The molecule has 0 saturated carbocycles. The standard InChI is InChI=1S/C16H14ClFN2/c1-20(10-13-3-2-4-15(17)7-13)11-14-6-5-12(9-19)8-16(14)18/h2-8H,10-11H2,1H3. The first-order chi connectivity index (χ1) is 9.58. The first-order valence-electron chi connectivity index (χ1n) is 6.20. The molecule has 2 aromatic carbocycles. The lowest BCUT2D eigenvalue weighted by Crippen LogP contribution is -2.18. The van der Waals surface area contributed by atoms with Crippen molar-refractivity contribution in [2.24, 2.45) is 0 Å². The Hall–Kier alpha value is -1.89. The van der Waals surface area contributed by atoms with E-state index in [0.29, 0.717) is 29.2 Å². The molecule has 0 aliphatic rings. The highest BCUT2D eigenvalue weighted by Gasteiger charge is 2.07. The van der Waals surface area contributed by atoms with Gasteiger partial charge in [0.1, 0.15) is 5.82 Å². The Bertz CT molecular complexity index is 649. The summed E-state index contributed by atoms with van der Waals surface area (Å²) < 4.78 is 13.8. The molecule has 0 saturated heterocycles. The third-order valence-electron chi connectivity index (χ3n) is 2.96. The van der Waals surface area contributed by atoms with E-state index in [1.54, 1.807) is 12.1 Å². The van der Waals surface area contributed by atoms with Gasteiger partial charge in [-0.05, 0) is 36.9 Å². The van der Waals surface area contributed by atoms with E-state index in [1.165, 1.54) is 6.07 Å². The van der Waals surface area contributed by atoms with Gasteiger partial charge in [0.05, 0.1) is 11.6 Å². The van der Waals surface area contributed by atoms with Crippen molar-refractivity contribution < 1.29 is 4.39 Å². The maximum absolute atomic E-state index is 13.8. The summed E-state index contributed by atoms with van der Waals surface area (Å²) in [7, 11) is 1.92. The Kier molecular flexibility index (Phi) is 4.73. The minimum Gasteiger partial charge on any atom is -0.298 e. The monoisotopic (exact) mass is 288 g/mol. The van der Waals surface area contributed by atoms with E-state index in [2.05, 4.69) is 0 Å². The van der Waals surface area contributed by atoms with Crippen LogP contribution in [0, 0.1) is 17.1 Å². The zero-order valence-electron chi connectivity index (χ0n) is 11.1. The van der Waals surface area contributed by atoms with E-state index < -0.39 is 0 Å². The molecule has 0 fully saturated rings. The number of halogens is 2. The second-order valence-electron chi connectivity index (χ2n) is 4.72. The van der Waals surface area contributed by atoms with Gasteiger partial charge < -0.3 is 0 Å². The highest BCUT2D eigenvalue weighted by atomic mass is 35.5. The minimum atomic E-state index is -0.345. The maximum Gasteiger partial charge on any atom is 0.129 e. The van der Waals surface area contributed by atoms with Crippen LogP contribution < -0.4 is 0 Å². The van der Waals surface area contributed by atoms with Crippen LogP contribution in [0.15, 0.2) is 42.5 Å². The van der Waals surface area contributed by atoms with Crippen molar-refractivity contribution >= 4 is 11.6 Å². The summed E-state index contributed by atoms with van der Waals surface area (Å²) >= 11 is 5.94. The number of rotatable bonds is 4. The Balaban J connectivity index is 2.05. The minimum absolute atomic E-state index is 0.337. The number of nitriles is 1. The van der Waals surface area contributed by atoms with Crippen molar-refractivity contribution in [3.8, 4) is 6.07 Å². The Morgan fingerprint density at radius 2 is 2.00 bits per heavy atom. The normalized spacial score (nSPS) is 10.6. The molecule has 0 aliphatic heterocycles. The first-order valence-corrected chi connectivity index (χ1v) is 6.58. The Morgan fingerprint density at radius 3 is 2.65 bits per heavy atom. The molecule has 0 spiro atoms. The number of benzene rings is 2. The lowest BCUT2D eigenvalue weighted by molar-refractivity contribution is 0.313. The van der Waals surface area contributed by atoms with Gasteiger partial charge in [-0.25, -0.2) is 4.39 Å². The van der Waals surface area contributed by atoms with Gasteiger partial charge in [0.2, 0.25) is 0 Å². The summed E-state index contributed by atoms with van der Waals surface area (Å²) in [6.45, 7) is 1.16. The molecule has 0 radical (unpaired) electrons. The highest BCUT2D eigenvalue weighted by molar-refractivity contribution is 6.30. The van der Waals surface area contributed by atoms with E-state index in [1.807, 2.05) is 42.3 Å². The average Bonchev–Trinajstić information content (AvgIpc) is 2.41. The topological polar surface area (TPSA) is 27.0 Å². The number of hydrogen-bond acceptors (Lipinski definition) is 2. The van der Waals surface area contributed by atoms with E-state index >= 15 is 0 Å². The molecule has 0 N–H and O–H groups in total. The summed E-state index contributed by atoms with van der Waals surface area (Å²) in [5.74, 6) is -0.345. The summed E-state index contributed by atoms with van der Waals surface area (Å²) in [6.07, 6.45) is 0. The van der Waals surface area contributed by atoms with Gasteiger partial charge in [-0.3, -0.25) is 4.90 Å². The van der Waals surface area contributed by atoms with Crippen molar-refractivity contribution in [1.82, 2.24) is 4.90 Å². The van der Waals surface area contributed by atoms with Crippen molar-refractivity contribution in [2.75, 3.05) is 7.05 Å². The molecule has 0 aromatic heterocycles. The van der Waals surface area contributed by atoms with Crippen molar-refractivity contribution in [3.05, 3.63) is 70.0 Å². The van der Waals surface area contributed by atoms with Gasteiger partial charge in [-0.15, -0.1) is 0 Å². The van der Waals surface area contributed by atoms with E-state index in [9.17, 15) is 4.39 Å². The van der Waals surface area contributed by atoms with Gasteiger partial charge in [0.15, 0.2) is 0 Å². The molecule has 0 atom stereocenters. The average molecular weight is 289 g/mol. The fourth-order valence-electron chi connectivity index (χ4n) is 2.04. The van der Waals surface area contributed by atoms with Crippen LogP contribution in [0.5, 0.6) is 0 Å². The summed E-state index contributed by atoms with van der Waals surface area (Å²) in [6, 6.07) is 14.1. The van der Waals surface area contributed by atoms with E-state index in [0.717, 1.165) is 5.56 Å². The Labute approximate surface area is 123 Å². The molecule has 0 bridgehead atoms. The predicted octanol–water partition coefficient (Wildman–Crippen LogP) is 3.98. The third kappa shape index (κ3) is 3.80. The van der Waals surface area contributed by atoms with Crippen LogP contribution in [0.1, 0.15) is 16.7 Å². The van der Waals surface area contributed by atoms with Crippen molar-refractivity contribution in [2.45, 2.75) is 13.1 Å². The molecule has 2 aromatic rings. The smallest absolute Gasteiger partial charge is 0.129 e. The second-order valence-corrected chi connectivity index (χ2v) is 5.16. The summed E-state index contributed by atoms with van der Waals surface area (Å²) in [5.41, 5.74) is 1.99. The van der Waals surface area contributed by atoms with Crippen LogP contribution in [0.4, 0.5) is 4.39 Å². The second kappa shape index (κ2) is 6.51. The van der Waals surface area contributed by atoms with E-state index in [4.69, 9.17) is 16.9 Å². The molecular weight excluding hydrogens is 275 g/mol.